The Morgan fingerprint density at radius 3 is 1.26 bits per heavy atom. The number of carboxylic acids is 4. The summed E-state index contributed by atoms with van der Waals surface area (Å²) in [5.74, 6) is -3.20. The summed E-state index contributed by atoms with van der Waals surface area (Å²) in [5.41, 5.74) is 9.83. The summed E-state index contributed by atoms with van der Waals surface area (Å²) in [7, 11) is 0. The van der Waals surface area contributed by atoms with E-state index >= 15 is 0 Å². The molecule has 0 saturated carbocycles. The number of alkyl halides is 1. The van der Waals surface area contributed by atoms with E-state index in [-0.39, 0.29) is 71.4 Å². The van der Waals surface area contributed by atoms with Crippen molar-refractivity contribution >= 4 is 58.4 Å². The molecule has 0 radical (unpaired) electrons. The van der Waals surface area contributed by atoms with Crippen LogP contribution in [-0.2, 0) is 54.8 Å². The summed E-state index contributed by atoms with van der Waals surface area (Å²) in [4.78, 5) is 60.0. The third-order valence-corrected chi connectivity index (χ3v) is 7.33. The number of aliphatic carboxylic acids is 4. The van der Waals surface area contributed by atoms with Gasteiger partial charge in [-0.2, -0.15) is 9.59 Å². The van der Waals surface area contributed by atoms with Gasteiger partial charge in [-0.05, 0) is 66.3 Å². The molecule has 4 aromatic carbocycles. The van der Waals surface area contributed by atoms with Crippen LogP contribution in [0.4, 0.5) is 0 Å². The molecule has 0 aromatic heterocycles. The van der Waals surface area contributed by atoms with Crippen molar-refractivity contribution < 1.29 is 93.7 Å². The van der Waals surface area contributed by atoms with Crippen molar-refractivity contribution in [2.24, 2.45) is 5.73 Å². The van der Waals surface area contributed by atoms with Crippen molar-refractivity contribution in [3.8, 4) is 11.5 Å². The number of ether oxygens (including phenoxy) is 2. The largest absolute Gasteiger partial charge is 1.00 e. The minimum Gasteiger partial charge on any atom is -0.870 e. The quantitative estimate of drug-likeness (QED) is 0.0751. The normalized spacial score (nSPS) is 10.4. The van der Waals surface area contributed by atoms with Crippen LogP contribution in [0.15, 0.2) is 109 Å². The van der Waals surface area contributed by atoms with Crippen molar-refractivity contribution in [3.05, 3.63) is 131 Å². The molecule has 0 aliphatic rings. The average Bonchev–Trinajstić information content (AvgIpc) is 3.14. The third kappa shape index (κ3) is 27.6. The molecule has 2 unspecified atom stereocenters. The maximum absolute atomic E-state index is 11.6. The molecule has 0 heterocycles. The van der Waals surface area contributed by atoms with Gasteiger partial charge in [-0.1, -0.05) is 101 Å². The molecule has 57 heavy (non-hydrogen) atoms. The van der Waals surface area contributed by atoms with Gasteiger partial charge in [0.15, 0.2) is 0 Å². The van der Waals surface area contributed by atoms with E-state index in [1.54, 1.807) is 24.3 Å². The van der Waals surface area contributed by atoms with Gasteiger partial charge in [-0.25, -0.2) is 0 Å². The summed E-state index contributed by atoms with van der Waals surface area (Å²) in [6.45, 7) is 1.65. The minimum absolute atomic E-state index is 0. The minimum atomic E-state index is -1.29. The fraction of sp³-hybridized carbons (Fsp3) is 0.256. The Hall–Kier alpha value is -4.61. The molecule has 15 nitrogen and oxygen atoms in total. The number of carboxylic acid groups (broad SMARTS) is 4. The molecule has 4 rings (SSSR count). The van der Waals surface area contributed by atoms with Crippen LogP contribution >= 0.6 is 28.3 Å². The molecule has 0 aliphatic carbocycles. The molecule has 0 amide bonds. The molecule has 2 atom stereocenters. The van der Waals surface area contributed by atoms with Gasteiger partial charge in [0.25, 0.3) is 0 Å². The van der Waals surface area contributed by atoms with Crippen LogP contribution in [0.25, 0.3) is 0 Å². The monoisotopic (exact) mass is 886 g/mol. The van der Waals surface area contributed by atoms with Gasteiger partial charge in [-0.15, -0.1) is 12.4 Å². The molecule has 0 fully saturated rings. The van der Waals surface area contributed by atoms with Crippen LogP contribution in [-0.4, -0.2) is 91.3 Å². The Balaban J connectivity index is -0.000000865. The number of nitrogens with zero attached hydrogens (tertiary/aromatic N) is 1. The van der Waals surface area contributed by atoms with Crippen molar-refractivity contribution in [1.29, 1.82) is 0 Å². The first kappa shape index (κ1) is 56.7. The molecule has 0 saturated heterocycles. The number of halogens is 2. The molecule has 304 valence electrons. The summed E-state index contributed by atoms with van der Waals surface area (Å²) >= 11 is 2.71. The van der Waals surface area contributed by atoms with Crippen LogP contribution in [0.3, 0.4) is 0 Å². The van der Waals surface area contributed by atoms with Crippen LogP contribution in [0.5, 0.6) is 11.5 Å². The van der Waals surface area contributed by atoms with Gasteiger partial charge in [0.1, 0.15) is 36.1 Å². The topological polar surface area (TPSA) is 261 Å². The van der Waals surface area contributed by atoms with E-state index in [9.17, 15) is 24.3 Å². The molecule has 0 spiro atoms. The summed E-state index contributed by atoms with van der Waals surface area (Å²) in [6, 6.07) is 33.6. The number of hydrogen-bond acceptors (Lipinski definition) is 11. The van der Waals surface area contributed by atoms with E-state index in [1.165, 1.54) is 11.1 Å². The summed E-state index contributed by atoms with van der Waals surface area (Å²) < 4.78 is 11.4. The van der Waals surface area contributed by atoms with Crippen LogP contribution < -0.4 is 44.8 Å². The predicted octanol–water partition coefficient (Wildman–Crippen LogP) is 2.02. The Labute approximate surface area is 366 Å². The number of rotatable bonds is 17. The number of nitrogens with two attached hydrogens (primary N) is 1. The smallest absolute Gasteiger partial charge is 0.870 e. The predicted molar refractivity (Wildman–Crippen MR) is 209 cm³/mol. The van der Waals surface area contributed by atoms with E-state index in [0.717, 1.165) is 22.6 Å². The van der Waals surface area contributed by atoms with Gasteiger partial charge in [0, 0.05) is 6.04 Å². The molecule has 18 heteroatoms. The number of hydrogen-bond donors (Lipinski definition) is 5. The molecule has 0 bridgehead atoms. The van der Waals surface area contributed by atoms with E-state index in [1.807, 2.05) is 67.6 Å². The van der Waals surface area contributed by atoms with Gasteiger partial charge < -0.3 is 41.1 Å². The second kappa shape index (κ2) is 33.5. The van der Waals surface area contributed by atoms with Gasteiger partial charge >= 0.3 is 59.6 Å². The van der Waals surface area contributed by atoms with Gasteiger partial charge in [0.05, 0.1) is 13.1 Å². The van der Waals surface area contributed by atoms with Crippen LogP contribution in [0.2, 0.25) is 0 Å². The van der Waals surface area contributed by atoms with E-state index in [2.05, 4.69) is 40.2 Å². The molecule has 0 aliphatic heterocycles. The van der Waals surface area contributed by atoms with Gasteiger partial charge in [-0.3, -0.25) is 24.1 Å². The fourth-order valence-electron chi connectivity index (χ4n) is 4.52. The van der Waals surface area contributed by atoms with Crippen molar-refractivity contribution in [2.45, 2.75) is 45.1 Å². The third-order valence-electron chi connectivity index (χ3n) is 6.85. The first-order valence-electron chi connectivity index (χ1n) is 16.2. The average molecular weight is 888 g/mol. The zero-order valence-corrected chi connectivity index (χ0v) is 35.7. The first-order chi connectivity index (χ1) is 25.8. The van der Waals surface area contributed by atoms with Crippen LogP contribution in [0.1, 0.15) is 29.2 Å². The number of carbonyl (C=O) groups excluding carboxylic acids is 2. The first-order valence-corrected chi connectivity index (χ1v) is 17.3. The Kier molecular flexibility index (Phi) is 33.4. The summed E-state index contributed by atoms with van der Waals surface area (Å²) in [6.07, 6.45) is 1.12. The SMILES string of the molecule is CC(N)Cc1ccc(OCc2ccccc2)cc1.Cl.O=C(O)CBr.O=C(O)CN(CC(=O)O)C(Cc1ccc(OCc2ccccc2)cc1)C(=O)O.O=C=O.[Na+].[OH-]. The van der Waals surface area contributed by atoms with E-state index < -0.39 is 43.0 Å². The zero-order chi connectivity index (χ0) is 40.3. The van der Waals surface area contributed by atoms with E-state index in [0.29, 0.717) is 24.5 Å². The van der Waals surface area contributed by atoms with Crippen LogP contribution in [0, 0.1) is 0 Å². The van der Waals surface area contributed by atoms with Crippen molar-refractivity contribution in [1.82, 2.24) is 4.90 Å². The Morgan fingerprint density at radius 2 is 0.982 bits per heavy atom. The van der Waals surface area contributed by atoms with Crippen molar-refractivity contribution in [2.75, 3.05) is 18.4 Å². The zero-order valence-electron chi connectivity index (χ0n) is 31.3. The summed E-state index contributed by atoms with van der Waals surface area (Å²) in [5, 5.41) is 35.0. The molecule has 4 aromatic rings. The van der Waals surface area contributed by atoms with Gasteiger partial charge in [0.2, 0.25) is 0 Å². The second-order valence-electron chi connectivity index (χ2n) is 11.4. The Bertz CT molecular complexity index is 1720. The van der Waals surface area contributed by atoms with Crippen molar-refractivity contribution in [3.63, 3.8) is 0 Å². The maximum atomic E-state index is 11.6. The fourth-order valence-corrected chi connectivity index (χ4v) is 4.52. The maximum Gasteiger partial charge on any atom is 1.00 e. The number of carbonyl (C=O) groups is 4. The molecule has 7 N–H and O–H groups in total. The standard InChI is InChI=1S/C20H21NO7.C16H19NO.C2H3BrO2.CO2.ClH.Na.H2O/c22-18(23)11-21(12-19(24)25)17(20(26)27)10-14-6-8-16(9-7-14)28-13-15-4-2-1-3-5-15;1-13(17)11-14-7-9-16(10-8-14)18-12-15-5-3-2-4-6-15;3-1-2(4)5;2-1-3;;;/h1-9,17H,10-13H2,(H,22,23)(H,24,25)(H,26,27);2-10,13H,11-12,17H2,1H3;1H2,(H,4,5);;1H;;1H2/q;;;;;+1;/p-1. The Morgan fingerprint density at radius 1 is 0.649 bits per heavy atom. The second-order valence-corrected chi connectivity index (χ2v) is 11.9. The van der Waals surface area contributed by atoms with E-state index in [4.69, 9.17) is 40.1 Å². The number of benzene rings is 4. The molecular weight excluding hydrogens is 843 g/mol. The molecular formula is C39H45BrClN2NaO13.